The van der Waals surface area contributed by atoms with E-state index in [-0.39, 0.29) is 5.91 Å². The molecule has 2 aromatic rings. The number of hydrogen-bond acceptors (Lipinski definition) is 5. The zero-order valence-corrected chi connectivity index (χ0v) is 16.6. The van der Waals surface area contributed by atoms with Crippen molar-refractivity contribution in [2.75, 3.05) is 50.7 Å². The van der Waals surface area contributed by atoms with Crippen LogP contribution in [0.2, 0.25) is 0 Å². The number of rotatable bonds is 4. The molecule has 0 unspecified atom stereocenters. The summed E-state index contributed by atoms with van der Waals surface area (Å²) in [6.07, 6.45) is 1.89. The number of carbonyl (C=O) groups is 1. The summed E-state index contributed by atoms with van der Waals surface area (Å²) in [5.41, 5.74) is 0.534. The second-order valence-corrected chi connectivity index (χ2v) is 7.78. The van der Waals surface area contributed by atoms with Crippen molar-refractivity contribution in [3.8, 4) is 0 Å². The Morgan fingerprint density at radius 2 is 1.62 bits per heavy atom. The third-order valence-corrected chi connectivity index (χ3v) is 5.79. The molecule has 1 aromatic carbocycles. The summed E-state index contributed by atoms with van der Waals surface area (Å²) in [4.78, 5) is 27.0. The summed E-state index contributed by atoms with van der Waals surface area (Å²) in [7, 11) is 0. The first-order chi connectivity index (χ1) is 14.1. The fraction of sp³-hybridized carbons (Fsp3) is 0.571. The molecule has 0 radical (unpaired) electrons. The number of halogens is 2. The van der Waals surface area contributed by atoms with E-state index in [1.807, 2.05) is 21.9 Å². The van der Waals surface area contributed by atoms with Crippen molar-refractivity contribution in [2.24, 2.45) is 0 Å². The fourth-order valence-electron chi connectivity index (χ4n) is 4.15. The van der Waals surface area contributed by atoms with Gasteiger partial charge in [-0.3, -0.25) is 9.69 Å². The topological polar surface area (TPSA) is 52.6 Å². The molecule has 2 aliphatic rings. The van der Waals surface area contributed by atoms with Gasteiger partial charge in [-0.25, -0.2) is 18.7 Å². The molecule has 8 heteroatoms. The second kappa shape index (κ2) is 8.98. The van der Waals surface area contributed by atoms with Gasteiger partial charge in [-0.05, 0) is 25.0 Å². The van der Waals surface area contributed by atoms with Gasteiger partial charge in [-0.15, -0.1) is 0 Å². The molecule has 6 nitrogen and oxygen atoms in total. The lowest BCUT2D eigenvalue weighted by Crippen LogP contribution is -2.50. The van der Waals surface area contributed by atoms with Gasteiger partial charge in [0.1, 0.15) is 5.82 Å². The van der Waals surface area contributed by atoms with Crippen LogP contribution in [-0.4, -0.2) is 71.5 Å². The van der Waals surface area contributed by atoms with Gasteiger partial charge in [0.05, 0.1) is 12.1 Å². The highest BCUT2D eigenvalue weighted by Gasteiger charge is 2.25. The van der Waals surface area contributed by atoms with Gasteiger partial charge in [0.15, 0.2) is 5.82 Å². The Morgan fingerprint density at radius 1 is 0.931 bits per heavy atom. The zero-order chi connectivity index (χ0) is 20.2. The number of nitrogens with zero attached hydrogens (tertiary/aromatic N) is 5. The van der Waals surface area contributed by atoms with E-state index in [1.165, 1.54) is 12.8 Å². The van der Waals surface area contributed by atoms with Crippen LogP contribution in [0.15, 0.2) is 24.3 Å². The molecule has 156 valence electrons. The average molecular weight is 403 g/mol. The lowest BCUT2D eigenvalue weighted by molar-refractivity contribution is -0.132. The van der Waals surface area contributed by atoms with Gasteiger partial charge in [0.25, 0.3) is 6.43 Å². The quantitative estimate of drug-likeness (QED) is 0.785. The molecule has 4 rings (SSSR count). The highest BCUT2D eigenvalue weighted by Crippen LogP contribution is 2.27. The molecule has 2 saturated heterocycles. The number of benzene rings is 1. The van der Waals surface area contributed by atoms with E-state index < -0.39 is 12.2 Å². The van der Waals surface area contributed by atoms with E-state index >= 15 is 0 Å². The van der Waals surface area contributed by atoms with E-state index in [9.17, 15) is 13.6 Å². The number of anilines is 1. The van der Waals surface area contributed by atoms with E-state index in [0.717, 1.165) is 31.3 Å². The van der Waals surface area contributed by atoms with E-state index in [2.05, 4.69) is 14.9 Å². The first-order valence-electron chi connectivity index (χ1n) is 10.4. The molecule has 0 aliphatic carbocycles. The van der Waals surface area contributed by atoms with Crippen LogP contribution in [0.25, 0.3) is 10.9 Å². The lowest BCUT2D eigenvalue weighted by Gasteiger charge is -2.36. The molecule has 29 heavy (non-hydrogen) atoms. The number of carbonyl (C=O) groups excluding carboxylic acids is 1. The Balaban J connectivity index is 1.42. The Hall–Kier alpha value is -2.35. The van der Waals surface area contributed by atoms with Crippen molar-refractivity contribution in [3.63, 3.8) is 0 Å². The maximum absolute atomic E-state index is 13.3. The van der Waals surface area contributed by atoms with Crippen LogP contribution in [0.3, 0.4) is 0 Å². The van der Waals surface area contributed by atoms with Crippen LogP contribution < -0.4 is 4.90 Å². The van der Waals surface area contributed by atoms with E-state index in [0.29, 0.717) is 44.1 Å². The lowest BCUT2D eigenvalue weighted by atomic mass is 10.2. The van der Waals surface area contributed by atoms with Crippen LogP contribution in [0.5, 0.6) is 0 Å². The number of amides is 1. The monoisotopic (exact) mass is 403 g/mol. The maximum Gasteiger partial charge on any atom is 0.297 e. The third kappa shape index (κ3) is 4.63. The van der Waals surface area contributed by atoms with Crippen molar-refractivity contribution in [1.82, 2.24) is 19.8 Å². The zero-order valence-electron chi connectivity index (χ0n) is 16.6. The van der Waals surface area contributed by atoms with Crippen LogP contribution in [-0.2, 0) is 4.79 Å². The molecule has 0 N–H and O–H groups in total. The molecule has 1 aromatic heterocycles. The highest BCUT2D eigenvalue weighted by molar-refractivity contribution is 5.89. The minimum absolute atomic E-state index is 0.202. The minimum Gasteiger partial charge on any atom is -0.353 e. The van der Waals surface area contributed by atoms with Crippen molar-refractivity contribution < 1.29 is 13.6 Å². The van der Waals surface area contributed by atoms with Crippen LogP contribution in [0.1, 0.15) is 37.9 Å². The van der Waals surface area contributed by atoms with Crippen molar-refractivity contribution in [1.29, 1.82) is 0 Å². The fourth-order valence-corrected chi connectivity index (χ4v) is 4.15. The van der Waals surface area contributed by atoms with Gasteiger partial charge in [-0.1, -0.05) is 25.0 Å². The molecular weight excluding hydrogens is 376 g/mol. The normalized spacial score (nSPS) is 19.0. The predicted molar refractivity (Wildman–Crippen MR) is 108 cm³/mol. The Kier molecular flexibility index (Phi) is 6.18. The van der Waals surface area contributed by atoms with E-state index in [4.69, 9.17) is 0 Å². The number of likely N-dealkylation sites (tertiary alicyclic amines) is 1. The smallest absolute Gasteiger partial charge is 0.297 e. The number of para-hydroxylation sites is 1. The van der Waals surface area contributed by atoms with Gasteiger partial charge in [0, 0.05) is 44.7 Å². The minimum atomic E-state index is -2.70. The average Bonchev–Trinajstić information content (AvgIpc) is 3.03. The van der Waals surface area contributed by atoms with Crippen molar-refractivity contribution in [2.45, 2.75) is 32.1 Å². The first kappa shape index (κ1) is 19.9. The Morgan fingerprint density at radius 3 is 2.31 bits per heavy atom. The summed E-state index contributed by atoms with van der Waals surface area (Å²) < 4.78 is 26.5. The second-order valence-electron chi connectivity index (χ2n) is 7.78. The van der Waals surface area contributed by atoms with Crippen LogP contribution >= 0.6 is 0 Å². The van der Waals surface area contributed by atoms with Gasteiger partial charge < -0.3 is 9.80 Å². The molecular formula is C21H27F2N5O. The summed E-state index contributed by atoms with van der Waals surface area (Å²) in [6.45, 7) is 4.88. The largest absolute Gasteiger partial charge is 0.353 e. The summed E-state index contributed by atoms with van der Waals surface area (Å²) in [5.74, 6) is 0.328. The van der Waals surface area contributed by atoms with Gasteiger partial charge >= 0.3 is 0 Å². The molecule has 0 spiro atoms. The third-order valence-electron chi connectivity index (χ3n) is 5.79. The maximum atomic E-state index is 13.3. The predicted octanol–water partition coefficient (Wildman–Crippen LogP) is 3.09. The molecule has 2 fully saturated rings. The van der Waals surface area contributed by atoms with Crippen molar-refractivity contribution >= 4 is 22.6 Å². The van der Waals surface area contributed by atoms with Crippen LogP contribution in [0, 0.1) is 0 Å². The Bertz CT molecular complexity index is 846. The number of alkyl halides is 2. The summed E-state index contributed by atoms with van der Waals surface area (Å²) >= 11 is 0. The van der Waals surface area contributed by atoms with Crippen molar-refractivity contribution in [3.05, 3.63) is 30.1 Å². The molecule has 3 heterocycles. The van der Waals surface area contributed by atoms with Gasteiger partial charge in [0.2, 0.25) is 5.91 Å². The molecule has 1 amide bonds. The Labute approximate surface area is 169 Å². The number of fused-ring (bicyclic) bond motifs is 1. The standard InChI is InChI=1S/C21H27F2N5O/c22-19(23)20-24-17-8-4-3-7-16(17)21(25-20)28-13-11-26(12-14-28)15-18(29)27-9-5-1-2-6-10-27/h3-4,7-8,19H,1-2,5-6,9-15H2. The molecule has 0 bridgehead atoms. The van der Waals surface area contributed by atoms with Crippen LogP contribution in [0.4, 0.5) is 14.6 Å². The first-order valence-corrected chi connectivity index (χ1v) is 10.4. The molecule has 2 aliphatic heterocycles. The highest BCUT2D eigenvalue weighted by atomic mass is 19.3. The van der Waals surface area contributed by atoms with Gasteiger partial charge in [-0.2, -0.15) is 0 Å². The molecule has 0 atom stereocenters. The number of piperazine rings is 1. The number of aromatic nitrogens is 2. The van der Waals surface area contributed by atoms with E-state index in [1.54, 1.807) is 12.1 Å². The summed E-state index contributed by atoms with van der Waals surface area (Å²) in [6, 6.07) is 7.27. The summed E-state index contributed by atoms with van der Waals surface area (Å²) in [5, 5.41) is 0.783. The SMILES string of the molecule is O=C(CN1CCN(c2nc(C(F)F)nc3ccccc23)CC1)N1CCCCCC1. The number of hydrogen-bond donors (Lipinski definition) is 0. The molecule has 0 saturated carbocycles.